The molecule has 1 N–H and O–H groups in total. The van der Waals surface area contributed by atoms with Crippen LogP contribution in [0.2, 0.25) is 0 Å². The van der Waals surface area contributed by atoms with Crippen LogP contribution in [0.1, 0.15) is 16.7 Å². The molecule has 0 radical (unpaired) electrons. The van der Waals surface area contributed by atoms with Crippen molar-refractivity contribution in [1.29, 1.82) is 0 Å². The number of carbonyl (C=O) groups excluding carboxylic acids is 1. The minimum absolute atomic E-state index is 0.254. The van der Waals surface area contributed by atoms with Gasteiger partial charge in [0, 0.05) is 12.0 Å². The van der Waals surface area contributed by atoms with E-state index in [1.807, 2.05) is 25.1 Å². The van der Waals surface area contributed by atoms with E-state index in [0.29, 0.717) is 23.7 Å². The largest absolute Gasteiger partial charge is 0.496 e. The first-order valence-corrected chi connectivity index (χ1v) is 7.55. The van der Waals surface area contributed by atoms with Crippen LogP contribution in [0.3, 0.4) is 0 Å². The van der Waals surface area contributed by atoms with Gasteiger partial charge in [-0.2, -0.15) is 0 Å². The highest BCUT2D eigenvalue weighted by Gasteiger charge is 2.20. The van der Waals surface area contributed by atoms with Gasteiger partial charge < -0.3 is 10.1 Å². The molecular weight excluding hydrogens is 307 g/mol. The number of hydrogen-bond acceptors (Lipinski definition) is 3. The standard InChI is InChI=1S/C19H17FN2O2/c1-12-3-8-17(24-2)14(9-12)11-16-19(23)22-18(21-16)10-13-4-6-15(20)7-5-13/h3-9,11H,10H2,1-2H3,(H,21,22,23)/b16-11+. The molecule has 0 spiro atoms. The Hall–Kier alpha value is -2.95. The molecule has 1 amide bonds. The Balaban J connectivity index is 1.86. The van der Waals surface area contributed by atoms with Crippen LogP contribution in [0.25, 0.3) is 6.08 Å². The number of methoxy groups -OCH3 is 1. The van der Waals surface area contributed by atoms with Crippen molar-refractivity contribution in [2.45, 2.75) is 13.3 Å². The number of amidine groups is 1. The molecule has 5 heteroatoms. The second kappa shape index (κ2) is 6.66. The molecule has 0 bridgehead atoms. The highest BCUT2D eigenvalue weighted by molar-refractivity contribution is 6.14. The lowest BCUT2D eigenvalue weighted by Crippen LogP contribution is -2.25. The zero-order valence-corrected chi connectivity index (χ0v) is 13.5. The van der Waals surface area contributed by atoms with Crippen LogP contribution in [0, 0.1) is 12.7 Å². The van der Waals surface area contributed by atoms with Gasteiger partial charge in [-0.15, -0.1) is 0 Å². The summed E-state index contributed by atoms with van der Waals surface area (Å²) in [6, 6.07) is 11.9. The van der Waals surface area contributed by atoms with Crippen molar-refractivity contribution in [3.05, 3.63) is 70.7 Å². The van der Waals surface area contributed by atoms with E-state index in [0.717, 1.165) is 16.7 Å². The number of nitrogens with one attached hydrogen (secondary N) is 1. The first-order valence-electron chi connectivity index (χ1n) is 7.55. The van der Waals surface area contributed by atoms with E-state index in [1.54, 1.807) is 25.3 Å². The molecular formula is C19H17FN2O2. The van der Waals surface area contributed by atoms with E-state index in [2.05, 4.69) is 10.3 Å². The number of hydrogen-bond donors (Lipinski definition) is 1. The van der Waals surface area contributed by atoms with Gasteiger partial charge in [-0.25, -0.2) is 9.38 Å². The van der Waals surface area contributed by atoms with E-state index in [1.165, 1.54) is 12.1 Å². The van der Waals surface area contributed by atoms with Crippen LogP contribution >= 0.6 is 0 Å². The maximum absolute atomic E-state index is 12.9. The smallest absolute Gasteiger partial charge is 0.275 e. The van der Waals surface area contributed by atoms with E-state index >= 15 is 0 Å². The number of amides is 1. The predicted molar refractivity (Wildman–Crippen MR) is 91.4 cm³/mol. The number of rotatable bonds is 4. The maximum atomic E-state index is 12.9. The molecule has 0 saturated heterocycles. The number of ether oxygens (including phenoxy) is 1. The maximum Gasteiger partial charge on any atom is 0.275 e. The van der Waals surface area contributed by atoms with Crippen LogP contribution in [0.5, 0.6) is 5.75 Å². The quantitative estimate of drug-likeness (QED) is 0.878. The normalized spacial score (nSPS) is 15.4. The van der Waals surface area contributed by atoms with E-state index in [4.69, 9.17) is 4.74 Å². The number of nitrogens with zero attached hydrogens (tertiary/aromatic N) is 1. The lowest BCUT2D eigenvalue weighted by atomic mass is 10.1. The molecule has 24 heavy (non-hydrogen) atoms. The summed E-state index contributed by atoms with van der Waals surface area (Å²) in [4.78, 5) is 16.5. The number of aryl methyl sites for hydroxylation is 1. The van der Waals surface area contributed by atoms with Gasteiger partial charge in [0.05, 0.1) is 7.11 Å². The molecule has 4 nitrogen and oxygen atoms in total. The number of carbonyl (C=O) groups is 1. The highest BCUT2D eigenvalue weighted by Crippen LogP contribution is 2.24. The van der Waals surface area contributed by atoms with Crippen molar-refractivity contribution >= 4 is 17.8 Å². The molecule has 0 unspecified atom stereocenters. The van der Waals surface area contributed by atoms with Gasteiger partial charge in [-0.05, 0) is 42.8 Å². The van der Waals surface area contributed by atoms with E-state index < -0.39 is 0 Å². The van der Waals surface area contributed by atoms with Gasteiger partial charge in [-0.3, -0.25) is 4.79 Å². The first kappa shape index (κ1) is 15.9. The average Bonchev–Trinajstić information content (AvgIpc) is 2.89. The highest BCUT2D eigenvalue weighted by atomic mass is 19.1. The minimum atomic E-state index is -0.289. The van der Waals surface area contributed by atoms with Gasteiger partial charge in [0.25, 0.3) is 5.91 Å². The third kappa shape index (κ3) is 3.51. The topological polar surface area (TPSA) is 50.7 Å². The van der Waals surface area contributed by atoms with Crippen molar-refractivity contribution in [3.63, 3.8) is 0 Å². The summed E-state index contributed by atoms with van der Waals surface area (Å²) in [6.07, 6.45) is 2.15. The number of halogens is 1. The van der Waals surface area contributed by atoms with Crippen LogP contribution in [-0.4, -0.2) is 18.9 Å². The fourth-order valence-electron chi connectivity index (χ4n) is 2.51. The van der Waals surface area contributed by atoms with Crippen LogP contribution < -0.4 is 10.1 Å². The summed E-state index contributed by atoms with van der Waals surface area (Å²) < 4.78 is 18.3. The molecule has 1 aliphatic heterocycles. The van der Waals surface area contributed by atoms with Crippen molar-refractivity contribution in [3.8, 4) is 5.75 Å². The van der Waals surface area contributed by atoms with Crippen LogP contribution in [0.15, 0.2) is 53.2 Å². The van der Waals surface area contributed by atoms with Gasteiger partial charge in [0.1, 0.15) is 23.1 Å². The molecule has 1 aliphatic rings. The Morgan fingerprint density at radius 1 is 1.21 bits per heavy atom. The Labute approximate surface area is 139 Å². The van der Waals surface area contributed by atoms with Crippen molar-refractivity contribution < 1.29 is 13.9 Å². The molecule has 0 aliphatic carbocycles. The Kier molecular flexibility index (Phi) is 4.42. The summed E-state index contributed by atoms with van der Waals surface area (Å²) >= 11 is 0. The Morgan fingerprint density at radius 3 is 2.67 bits per heavy atom. The Morgan fingerprint density at radius 2 is 1.96 bits per heavy atom. The molecule has 0 atom stereocenters. The third-order valence-corrected chi connectivity index (χ3v) is 3.71. The van der Waals surface area contributed by atoms with Crippen molar-refractivity contribution in [2.75, 3.05) is 7.11 Å². The predicted octanol–water partition coefficient (Wildman–Crippen LogP) is 3.25. The van der Waals surface area contributed by atoms with Crippen LogP contribution in [-0.2, 0) is 11.2 Å². The van der Waals surface area contributed by atoms with Crippen LogP contribution in [0.4, 0.5) is 4.39 Å². The monoisotopic (exact) mass is 324 g/mol. The SMILES string of the molecule is COc1ccc(C)cc1/C=C1/N=C(Cc2ccc(F)cc2)NC1=O. The number of aliphatic imine (C=N–C) groups is 1. The molecule has 3 rings (SSSR count). The molecule has 0 fully saturated rings. The number of benzene rings is 2. The lowest BCUT2D eigenvalue weighted by Gasteiger charge is -2.05. The second-order valence-corrected chi connectivity index (χ2v) is 5.59. The second-order valence-electron chi connectivity index (χ2n) is 5.59. The summed E-state index contributed by atoms with van der Waals surface area (Å²) in [7, 11) is 1.59. The van der Waals surface area contributed by atoms with E-state index in [9.17, 15) is 9.18 Å². The Bertz CT molecular complexity index is 839. The average molecular weight is 324 g/mol. The van der Waals surface area contributed by atoms with E-state index in [-0.39, 0.29) is 11.7 Å². The van der Waals surface area contributed by atoms with Crippen molar-refractivity contribution in [1.82, 2.24) is 5.32 Å². The summed E-state index contributed by atoms with van der Waals surface area (Å²) in [5, 5.41) is 2.75. The van der Waals surface area contributed by atoms with Gasteiger partial charge >= 0.3 is 0 Å². The fraction of sp³-hybridized carbons (Fsp3) is 0.158. The summed E-state index contributed by atoms with van der Waals surface area (Å²) in [5.41, 5.74) is 3.08. The van der Waals surface area contributed by atoms with Gasteiger partial charge in [0.2, 0.25) is 0 Å². The van der Waals surface area contributed by atoms with Gasteiger partial charge in [-0.1, -0.05) is 23.8 Å². The summed E-state index contributed by atoms with van der Waals surface area (Å²) in [6.45, 7) is 1.97. The minimum Gasteiger partial charge on any atom is -0.496 e. The molecule has 2 aromatic rings. The molecule has 1 heterocycles. The summed E-state index contributed by atoms with van der Waals surface area (Å²) in [5.74, 6) is 0.687. The molecule has 0 saturated carbocycles. The molecule has 2 aromatic carbocycles. The van der Waals surface area contributed by atoms with Gasteiger partial charge in [0.15, 0.2) is 0 Å². The van der Waals surface area contributed by atoms with Crippen molar-refractivity contribution in [2.24, 2.45) is 4.99 Å². The zero-order chi connectivity index (χ0) is 17.1. The third-order valence-electron chi connectivity index (χ3n) is 3.71. The first-order chi connectivity index (χ1) is 11.5. The zero-order valence-electron chi connectivity index (χ0n) is 13.5. The molecule has 122 valence electrons. The molecule has 0 aromatic heterocycles. The fourth-order valence-corrected chi connectivity index (χ4v) is 2.51. The lowest BCUT2D eigenvalue weighted by molar-refractivity contribution is -0.115.